The standard InChI is InChI=1S/C23H33N3O2/c1-6-26(7-2)17-19-12-10-18(11-13-19)15-21(20-9-8-14-24-16-20)25-22(27)28-23(3,4)5/h8-14,16,21H,6-7,15,17H2,1-5H3,(H,25,27). The fraction of sp³-hybridized carbons (Fsp3) is 0.478. The fourth-order valence-electron chi connectivity index (χ4n) is 3.01. The molecular weight excluding hydrogens is 350 g/mol. The molecule has 0 bridgehead atoms. The van der Waals surface area contributed by atoms with Crippen LogP contribution in [0.25, 0.3) is 0 Å². The van der Waals surface area contributed by atoms with E-state index in [1.807, 2.05) is 32.9 Å². The number of pyridine rings is 1. The lowest BCUT2D eigenvalue weighted by molar-refractivity contribution is 0.0503. The first-order chi connectivity index (χ1) is 13.3. The monoisotopic (exact) mass is 383 g/mol. The Morgan fingerprint density at radius 1 is 1.11 bits per heavy atom. The zero-order chi connectivity index (χ0) is 20.6. The lowest BCUT2D eigenvalue weighted by Gasteiger charge is -2.24. The molecule has 5 heteroatoms. The normalized spacial score (nSPS) is 12.6. The summed E-state index contributed by atoms with van der Waals surface area (Å²) in [4.78, 5) is 18.9. The second kappa shape index (κ2) is 10.2. The van der Waals surface area contributed by atoms with Crippen LogP contribution in [0.2, 0.25) is 0 Å². The van der Waals surface area contributed by atoms with Gasteiger partial charge >= 0.3 is 6.09 Å². The van der Waals surface area contributed by atoms with Gasteiger partial charge in [0.05, 0.1) is 6.04 Å². The van der Waals surface area contributed by atoms with Crippen molar-refractivity contribution in [3.05, 3.63) is 65.5 Å². The van der Waals surface area contributed by atoms with E-state index in [1.54, 1.807) is 12.4 Å². The number of carbonyl (C=O) groups is 1. The minimum absolute atomic E-state index is 0.197. The highest BCUT2D eigenvalue weighted by Gasteiger charge is 2.21. The maximum absolute atomic E-state index is 12.3. The van der Waals surface area contributed by atoms with E-state index in [1.165, 1.54) is 5.56 Å². The van der Waals surface area contributed by atoms with Crippen LogP contribution in [0.4, 0.5) is 4.79 Å². The first-order valence-corrected chi connectivity index (χ1v) is 10.00. The number of hydrogen-bond donors (Lipinski definition) is 1. The van der Waals surface area contributed by atoms with E-state index in [0.29, 0.717) is 6.42 Å². The average molecular weight is 384 g/mol. The third-order valence-corrected chi connectivity index (χ3v) is 4.54. The van der Waals surface area contributed by atoms with Crippen LogP contribution in [-0.4, -0.2) is 34.7 Å². The van der Waals surface area contributed by atoms with Gasteiger partial charge in [0, 0.05) is 18.9 Å². The molecule has 1 aromatic carbocycles. The van der Waals surface area contributed by atoms with E-state index in [-0.39, 0.29) is 6.04 Å². The molecule has 0 saturated heterocycles. The molecule has 0 spiro atoms. The van der Waals surface area contributed by atoms with Gasteiger partial charge in [0.1, 0.15) is 5.60 Å². The number of aromatic nitrogens is 1. The predicted octanol–water partition coefficient (Wildman–Crippen LogP) is 4.73. The summed E-state index contributed by atoms with van der Waals surface area (Å²) in [5.41, 5.74) is 2.88. The second-order valence-electron chi connectivity index (χ2n) is 7.97. The third-order valence-electron chi connectivity index (χ3n) is 4.54. The van der Waals surface area contributed by atoms with Gasteiger partial charge in [-0.3, -0.25) is 9.88 Å². The Kier molecular flexibility index (Phi) is 8.00. The SMILES string of the molecule is CCN(CC)Cc1ccc(CC(NC(=O)OC(C)(C)C)c2cccnc2)cc1. The van der Waals surface area contributed by atoms with Gasteiger partial charge in [-0.15, -0.1) is 0 Å². The molecule has 1 N–H and O–H groups in total. The number of benzene rings is 1. The lowest BCUT2D eigenvalue weighted by atomic mass is 9.99. The Labute approximate surface area is 169 Å². The largest absolute Gasteiger partial charge is 0.444 e. The molecule has 0 aliphatic heterocycles. The molecule has 1 aromatic heterocycles. The smallest absolute Gasteiger partial charge is 0.408 e. The summed E-state index contributed by atoms with van der Waals surface area (Å²) < 4.78 is 5.44. The van der Waals surface area contributed by atoms with Gasteiger partial charge < -0.3 is 10.1 Å². The molecule has 1 amide bonds. The van der Waals surface area contributed by atoms with Crippen molar-refractivity contribution in [3.8, 4) is 0 Å². The van der Waals surface area contributed by atoms with Crippen LogP contribution >= 0.6 is 0 Å². The van der Waals surface area contributed by atoms with Crippen molar-refractivity contribution in [1.29, 1.82) is 0 Å². The number of rotatable bonds is 8. The van der Waals surface area contributed by atoms with Crippen LogP contribution < -0.4 is 5.32 Å². The molecule has 0 fully saturated rings. The van der Waals surface area contributed by atoms with Crippen LogP contribution in [-0.2, 0) is 17.7 Å². The summed E-state index contributed by atoms with van der Waals surface area (Å²) in [7, 11) is 0. The van der Waals surface area contributed by atoms with E-state index in [9.17, 15) is 4.79 Å². The van der Waals surface area contributed by atoms with Crippen LogP contribution in [0.3, 0.4) is 0 Å². The molecule has 1 heterocycles. The maximum atomic E-state index is 12.3. The minimum Gasteiger partial charge on any atom is -0.444 e. The van der Waals surface area contributed by atoms with E-state index in [2.05, 4.69) is 53.3 Å². The highest BCUT2D eigenvalue weighted by molar-refractivity contribution is 5.68. The van der Waals surface area contributed by atoms with Crippen LogP contribution in [0.15, 0.2) is 48.8 Å². The number of nitrogens with one attached hydrogen (secondary N) is 1. The molecule has 5 nitrogen and oxygen atoms in total. The quantitative estimate of drug-likeness (QED) is 0.716. The van der Waals surface area contributed by atoms with Gasteiger partial charge in [-0.25, -0.2) is 4.79 Å². The number of nitrogens with zero attached hydrogens (tertiary/aromatic N) is 2. The number of alkyl carbamates (subject to hydrolysis) is 1. The molecule has 2 aromatic rings. The molecule has 0 saturated carbocycles. The Morgan fingerprint density at radius 3 is 2.29 bits per heavy atom. The maximum Gasteiger partial charge on any atom is 0.408 e. The van der Waals surface area contributed by atoms with Crippen molar-refractivity contribution in [3.63, 3.8) is 0 Å². The Bertz CT molecular complexity index is 720. The molecule has 1 atom stereocenters. The van der Waals surface area contributed by atoms with Crippen molar-refractivity contribution in [2.75, 3.05) is 13.1 Å². The summed E-state index contributed by atoms with van der Waals surface area (Å²) in [5, 5.41) is 2.99. The Morgan fingerprint density at radius 2 is 1.75 bits per heavy atom. The fourth-order valence-corrected chi connectivity index (χ4v) is 3.01. The molecule has 1 unspecified atom stereocenters. The molecule has 28 heavy (non-hydrogen) atoms. The van der Waals surface area contributed by atoms with Gasteiger partial charge in [0.15, 0.2) is 0 Å². The van der Waals surface area contributed by atoms with E-state index in [0.717, 1.165) is 30.8 Å². The Hall–Kier alpha value is -2.40. The molecule has 2 rings (SSSR count). The summed E-state index contributed by atoms with van der Waals surface area (Å²) in [6.07, 6.45) is 3.78. The summed E-state index contributed by atoms with van der Waals surface area (Å²) in [5.74, 6) is 0. The first-order valence-electron chi connectivity index (χ1n) is 10.00. The Balaban J connectivity index is 2.10. The third kappa shape index (κ3) is 7.31. The van der Waals surface area contributed by atoms with Gasteiger partial charge in [-0.1, -0.05) is 44.2 Å². The van der Waals surface area contributed by atoms with Gasteiger partial charge in [0.2, 0.25) is 0 Å². The summed E-state index contributed by atoms with van der Waals surface area (Å²) in [6, 6.07) is 12.3. The number of ether oxygens (including phenoxy) is 1. The number of amides is 1. The zero-order valence-electron chi connectivity index (χ0n) is 17.7. The second-order valence-corrected chi connectivity index (χ2v) is 7.97. The van der Waals surface area contributed by atoms with E-state index in [4.69, 9.17) is 4.74 Å². The van der Waals surface area contributed by atoms with E-state index >= 15 is 0 Å². The topological polar surface area (TPSA) is 54.5 Å². The zero-order valence-corrected chi connectivity index (χ0v) is 17.7. The van der Waals surface area contributed by atoms with Crippen molar-refractivity contribution in [2.24, 2.45) is 0 Å². The van der Waals surface area contributed by atoms with Crippen LogP contribution in [0.1, 0.15) is 57.4 Å². The van der Waals surface area contributed by atoms with Crippen molar-refractivity contribution < 1.29 is 9.53 Å². The summed E-state index contributed by atoms with van der Waals surface area (Å²) in [6.45, 7) is 13.0. The van der Waals surface area contributed by atoms with Gasteiger partial charge in [-0.2, -0.15) is 0 Å². The molecule has 152 valence electrons. The number of carbonyl (C=O) groups excluding carboxylic acids is 1. The van der Waals surface area contributed by atoms with Crippen LogP contribution in [0.5, 0.6) is 0 Å². The molecular formula is C23H33N3O2. The van der Waals surface area contributed by atoms with Crippen LogP contribution in [0, 0.1) is 0 Å². The minimum atomic E-state index is -0.532. The van der Waals surface area contributed by atoms with Crippen molar-refractivity contribution in [2.45, 2.75) is 59.2 Å². The summed E-state index contributed by atoms with van der Waals surface area (Å²) >= 11 is 0. The highest BCUT2D eigenvalue weighted by Crippen LogP contribution is 2.20. The predicted molar refractivity (Wildman–Crippen MR) is 113 cm³/mol. The lowest BCUT2D eigenvalue weighted by Crippen LogP contribution is -2.35. The van der Waals surface area contributed by atoms with Crippen molar-refractivity contribution in [1.82, 2.24) is 15.2 Å². The highest BCUT2D eigenvalue weighted by atomic mass is 16.6. The van der Waals surface area contributed by atoms with Gasteiger partial charge in [-0.05, 0) is 63.0 Å². The average Bonchev–Trinajstić information content (AvgIpc) is 2.66. The molecule has 0 radical (unpaired) electrons. The van der Waals surface area contributed by atoms with Crippen molar-refractivity contribution >= 4 is 6.09 Å². The number of hydrogen-bond acceptors (Lipinski definition) is 4. The van der Waals surface area contributed by atoms with Gasteiger partial charge in [0.25, 0.3) is 0 Å². The van der Waals surface area contributed by atoms with E-state index < -0.39 is 11.7 Å². The molecule has 0 aliphatic rings. The molecule has 0 aliphatic carbocycles. The first kappa shape index (κ1) is 21.9.